The van der Waals surface area contributed by atoms with Crippen molar-refractivity contribution in [2.24, 2.45) is 0 Å². The van der Waals surface area contributed by atoms with Gasteiger partial charge in [0.05, 0.1) is 0 Å². The highest BCUT2D eigenvalue weighted by Crippen LogP contribution is 2.35. The summed E-state index contributed by atoms with van der Waals surface area (Å²) >= 11 is 0.876. The molecule has 0 radical (unpaired) electrons. The number of nitrogens with zero attached hydrogens (tertiary/aromatic N) is 1. The van der Waals surface area contributed by atoms with E-state index in [1.807, 2.05) is 0 Å². The second-order valence-electron chi connectivity index (χ2n) is 5.22. The number of halogens is 3. The summed E-state index contributed by atoms with van der Waals surface area (Å²) in [5.41, 5.74) is 0. The Morgan fingerprint density at radius 2 is 2.00 bits per heavy atom. The van der Waals surface area contributed by atoms with Crippen LogP contribution in [-0.4, -0.2) is 30.6 Å². The zero-order chi connectivity index (χ0) is 14.6. The number of hydrogen-bond acceptors (Lipinski definition) is 3. The van der Waals surface area contributed by atoms with Crippen LogP contribution >= 0.6 is 11.3 Å². The average molecular weight is 306 g/mol. The van der Waals surface area contributed by atoms with Crippen LogP contribution in [0.5, 0.6) is 0 Å². The fourth-order valence-corrected chi connectivity index (χ4v) is 3.57. The lowest BCUT2D eigenvalue weighted by Gasteiger charge is -2.34. The number of hydrogen-bond donors (Lipinski definition) is 1. The third kappa shape index (κ3) is 4.20. The molecule has 0 amide bonds. The molecule has 1 aromatic rings. The predicted octanol–water partition coefficient (Wildman–Crippen LogP) is 3.73. The normalized spacial score (nSPS) is 17.9. The minimum absolute atomic E-state index is 0.491. The van der Waals surface area contributed by atoms with Crippen molar-refractivity contribution in [1.29, 1.82) is 0 Å². The highest BCUT2D eigenvalue weighted by molar-refractivity contribution is 7.12. The fourth-order valence-electron chi connectivity index (χ4n) is 2.67. The first-order valence-electron chi connectivity index (χ1n) is 7.11. The Hall–Kier alpha value is -0.590. The van der Waals surface area contributed by atoms with Gasteiger partial charge in [0.1, 0.15) is 4.88 Å². The van der Waals surface area contributed by atoms with E-state index in [1.165, 1.54) is 6.07 Å². The second-order valence-corrected chi connectivity index (χ2v) is 6.38. The Bertz CT molecular complexity index is 411. The summed E-state index contributed by atoms with van der Waals surface area (Å²) in [5.74, 6) is 0. The van der Waals surface area contributed by atoms with Gasteiger partial charge in [-0.2, -0.15) is 13.2 Å². The molecule has 1 saturated heterocycles. The summed E-state index contributed by atoms with van der Waals surface area (Å²) in [7, 11) is 0. The summed E-state index contributed by atoms with van der Waals surface area (Å²) in [6.45, 7) is 5.71. The number of rotatable bonds is 5. The molecule has 2 nitrogen and oxygen atoms in total. The number of thiophene rings is 1. The zero-order valence-corrected chi connectivity index (χ0v) is 12.5. The fraction of sp³-hybridized carbons (Fsp3) is 0.714. The maximum Gasteiger partial charge on any atom is 0.425 e. The highest BCUT2D eigenvalue weighted by atomic mass is 32.1. The lowest BCUT2D eigenvalue weighted by atomic mass is 10.0. The van der Waals surface area contributed by atoms with Gasteiger partial charge in [-0.1, -0.05) is 6.92 Å². The van der Waals surface area contributed by atoms with Gasteiger partial charge in [0.25, 0.3) is 0 Å². The van der Waals surface area contributed by atoms with E-state index in [4.69, 9.17) is 0 Å². The van der Waals surface area contributed by atoms with Gasteiger partial charge in [-0.05, 0) is 51.0 Å². The molecule has 0 aliphatic carbocycles. The Morgan fingerprint density at radius 3 is 2.55 bits per heavy atom. The molecule has 1 N–H and O–H groups in total. The van der Waals surface area contributed by atoms with Gasteiger partial charge in [0, 0.05) is 17.5 Å². The van der Waals surface area contributed by atoms with Crippen LogP contribution in [0.2, 0.25) is 0 Å². The van der Waals surface area contributed by atoms with Crippen molar-refractivity contribution in [3.8, 4) is 0 Å². The van der Waals surface area contributed by atoms with E-state index >= 15 is 0 Å². The van der Waals surface area contributed by atoms with Crippen LogP contribution < -0.4 is 5.32 Å². The molecule has 6 heteroatoms. The Labute approximate surface area is 122 Å². The van der Waals surface area contributed by atoms with Gasteiger partial charge >= 0.3 is 6.18 Å². The quantitative estimate of drug-likeness (QED) is 0.891. The first-order chi connectivity index (χ1) is 9.50. The smallest absolute Gasteiger partial charge is 0.317 e. The van der Waals surface area contributed by atoms with Crippen LogP contribution in [0.4, 0.5) is 13.2 Å². The molecule has 0 saturated carbocycles. The van der Waals surface area contributed by atoms with Crippen molar-refractivity contribution in [2.75, 3.05) is 19.6 Å². The molecule has 0 aromatic carbocycles. The van der Waals surface area contributed by atoms with E-state index < -0.39 is 11.1 Å². The molecule has 0 bridgehead atoms. The molecule has 2 heterocycles. The average Bonchev–Trinajstić information content (AvgIpc) is 2.88. The summed E-state index contributed by atoms with van der Waals surface area (Å²) in [5, 5.41) is 3.33. The van der Waals surface area contributed by atoms with Crippen LogP contribution in [0.25, 0.3) is 0 Å². The Balaban J connectivity index is 2.01. The molecular formula is C14H21F3N2S. The minimum atomic E-state index is -4.22. The van der Waals surface area contributed by atoms with Crippen molar-refractivity contribution in [1.82, 2.24) is 10.2 Å². The van der Waals surface area contributed by atoms with E-state index in [-0.39, 0.29) is 0 Å². The summed E-state index contributed by atoms with van der Waals surface area (Å²) in [6, 6.07) is 3.32. The highest BCUT2D eigenvalue weighted by Gasteiger charge is 2.32. The summed E-state index contributed by atoms with van der Waals surface area (Å²) in [6.07, 6.45) is -1.02. The Kier molecular flexibility index (Phi) is 5.46. The SMILES string of the molecule is CCCN(Cc1ccc(C(F)(F)F)s1)C1CCNCC1. The van der Waals surface area contributed by atoms with Gasteiger partial charge < -0.3 is 5.32 Å². The topological polar surface area (TPSA) is 15.3 Å². The Morgan fingerprint density at radius 1 is 1.30 bits per heavy atom. The number of alkyl halides is 3. The lowest BCUT2D eigenvalue weighted by molar-refractivity contribution is -0.134. The maximum absolute atomic E-state index is 12.6. The van der Waals surface area contributed by atoms with Crippen LogP contribution in [-0.2, 0) is 12.7 Å². The lowest BCUT2D eigenvalue weighted by Crippen LogP contribution is -2.42. The van der Waals surface area contributed by atoms with Crippen LogP contribution in [0.3, 0.4) is 0 Å². The minimum Gasteiger partial charge on any atom is -0.317 e. The van der Waals surface area contributed by atoms with Crippen LogP contribution in [0, 0.1) is 0 Å². The van der Waals surface area contributed by atoms with Crippen molar-refractivity contribution in [3.05, 3.63) is 21.9 Å². The van der Waals surface area contributed by atoms with Gasteiger partial charge in [-0.25, -0.2) is 0 Å². The molecule has 20 heavy (non-hydrogen) atoms. The summed E-state index contributed by atoms with van der Waals surface area (Å²) in [4.78, 5) is 2.66. The molecule has 0 atom stereocenters. The third-order valence-electron chi connectivity index (χ3n) is 3.64. The van der Waals surface area contributed by atoms with Gasteiger partial charge in [-0.3, -0.25) is 4.90 Å². The van der Waals surface area contributed by atoms with Crippen molar-refractivity contribution in [2.45, 2.75) is 44.9 Å². The zero-order valence-electron chi connectivity index (χ0n) is 11.7. The van der Waals surface area contributed by atoms with E-state index in [0.29, 0.717) is 12.6 Å². The first kappa shape index (κ1) is 15.8. The van der Waals surface area contributed by atoms with Crippen molar-refractivity contribution < 1.29 is 13.2 Å². The molecule has 1 fully saturated rings. The molecule has 1 aromatic heterocycles. The molecular weight excluding hydrogens is 285 g/mol. The third-order valence-corrected chi connectivity index (χ3v) is 4.75. The van der Waals surface area contributed by atoms with Gasteiger partial charge in [0.2, 0.25) is 0 Å². The van der Waals surface area contributed by atoms with Crippen molar-refractivity contribution >= 4 is 11.3 Å². The monoisotopic (exact) mass is 306 g/mol. The first-order valence-corrected chi connectivity index (χ1v) is 7.93. The molecule has 114 valence electrons. The molecule has 0 spiro atoms. The largest absolute Gasteiger partial charge is 0.425 e. The molecule has 1 aliphatic heterocycles. The molecule has 0 unspecified atom stereocenters. The molecule has 1 aliphatic rings. The van der Waals surface area contributed by atoms with Crippen molar-refractivity contribution in [3.63, 3.8) is 0 Å². The summed E-state index contributed by atoms with van der Waals surface area (Å²) < 4.78 is 37.9. The van der Waals surface area contributed by atoms with E-state index in [1.54, 1.807) is 6.07 Å². The maximum atomic E-state index is 12.6. The second kappa shape index (κ2) is 6.91. The van der Waals surface area contributed by atoms with E-state index in [2.05, 4.69) is 17.1 Å². The number of nitrogens with one attached hydrogen (secondary N) is 1. The van der Waals surface area contributed by atoms with Crippen LogP contribution in [0.1, 0.15) is 35.9 Å². The standard InChI is InChI=1S/C14H21F3N2S/c1-2-9-19(11-5-7-18-8-6-11)10-12-3-4-13(20-12)14(15,16)17/h3-4,11,18H,2,5-10H2,1H3. The van der Waals surface area contributed by atoms with E-state index in [9.17, 15) is 13.2 Å². The van der Waals surface area contributed by atoms with E-state index in [0.717, 1.165) is 55.1 Å². The van der Waals surface area contributed by atoms with Crippen LogP contribution in [0.15, 0.2) is 12.1 Å². The van der Waals surface area contributed by atoms with Gasteiger partial charge in [-0.15, -0.1) is 11.3 Å². The van der Waals surface area contributed by atoms with Gasteiger partial charge in [0.15, 0.2) is 0 Å². The predicted molar refractivity (Wildman–Crippen MR) is 75.9 cm³/mol. The number of piperidine rings is 1. The molecule has 2 rings (SSSR count).